The average molecular weight is 324 g/mol. The number of ether oxygens (including phenoxy) is 2. The van der Waals surface area contributed by atoms with Gasteiger partial charge in [0.05, 0.1) is 37.7 Å². The van der Waals surface area contributed by atoms with Crippen LogP contribution in [0.25, 0.3) is 0 Å². The second-order valence-electron chi connectivity index (χ2n) is 5.34. The van der Waals surface area contributed by atoms with Crippen LogP contribution < -0.4 is 4.74 Å². The molecule has 0 aromatic heterocycles. The first-order chi connectivity index (χ1) is 9.05. The van der Waals surface area contributed by atoms with Crippen molar-refractivity contribution in [1.29, 1.82) is 5.26 Å². The third-order valence-electron chi connectivity index (χ3n) is 3.82. The van der Waals surface area contributed by atoms with Gasteiger partial charge in [0.25, 0.3) is 0 Å². The maximum absolute atomic E-state index is 9.53. The van der Waals surface area contributed by atoms with Gasteiger partial charge in [0.1, 0.15) is 5.75 Å². The summed E-state index contributed by atoms with van der Waals surface area (Å²) < 4.78 is 11.9. The third kappa shape index (κ3) is 2.37. The summed E-state index contributed by atoms with van der Waals surface area (Å²) in [5.74, 6) is 1.02. The molecular formula is C15H18BrNO2. The van der Waals surface area contributed by atoms with Crippen LogP contribution in [0.3, 0.4) is 0 Å². The van der Waals surface area contributed by atoms with Crippen LogP contribution in [0.4, 0.5) is 0 Å². The van der Waals surface area contributed by atoms with Crippen LogP contribution in [0.5, 0.6) is 5.75 Å². The van der Waals surface area contributed by atoms with E-state index in [0.717, 1.165) is 15.8 Å². The molecule has 0 aliphatic carbocycles. The van der Waals surface area contributed by atoms with Gasteiger partial charge in [-0.05, 0) is 24.1 Å². The summed E-state index contributed by atoms with van der Waals surface area (Å²) in [6.45, 7) is 5.32. The second kappa shape index (κ2) is 5.52. The molecule has 0 bridgehead atoms. The Hall–Kier alpha value is -1.05. The summed E-state index contributed by atoms with van der Waals surface area (Å²) in [4.78, 5) is 0. The van der Waals surface area contributed by atoms with Gasteiger partial charge in [0.15, 0.2) is 0 Å². The van der Waals surface area contributed by atoms with Gasteiger partial charge in [-0.3, -0.25) is 0 Å². The van der Waals surface area contributed by atoms with E-state index in [1.54, 1.807) is 7.11 Å². The van der Waals surface area contributed by atoms with Crippen LogP contribution in [0, 0.1) is 23.2 Å². The average Bonchev–Trinajstić information content (AvgIpc) is 2.33. The number of hydrogen-bond donors (Lipinski definition) is 0. The molecule has 1 aliphatic rings. The topological polar surface area (TPSA) is 42.2 Å². The highest BCUT2D eigenvalue weighted by atomic mass is 79.9. The molecule has 0 amide bonds. The highest BCUT2D eigenvalue weighted by Crippen LogP contribution is 2.46. The summed E-state index contributed by atoms with van der Waals surface area (Å²) in [7, 11) is 1.66. The number of halogens is 1. The molecule has 1 saturated heterocycles. The maximum Gasteiger partial charge on any atom is 0.122 e. The lowest BCUT2D eigenvalue weighted by Crippen LogP contribution is -2.53. The van der Waals surface area contributed by atoms with Gasteiger partial charge in [-0.25, -0.2) is 0 Å². The van der Waals surface area contributed by atoms with Crippen molar-refractivity contribution >= 4 is 15.9 Å². The molecule has 1 fully saturated rings. The molecule has 102 valence electrons. The van der Waals surface area contributed by atoms with E-state index in [2.05, 4.69) is 35.8 Å². The van der Waals surface area contributed by atoms with Crippen LogP contribution in [-0.2, 0) is 10.2 Å². The molecule has 3 nitrogen and oxygen atoms in total. The van der Waals surface area contributed by atoms with Crippen LogP contribution in [-0.4, -0.2) is 20.3 Å². The van der Waals surface area contributed by atoms with Crippen LogP contribution in [0.1, 0.15) is 19.4 Å². The molecule has 1 unspecified atom stereocenters. The van der Waals surface area contributed by atoms with Crippen molar-refractivity contribution in [2.24, 2.45) is 11.8 Å². The molecule has 19 heavy (non-hydrogen) atoms. The molecule has 0 spiro atoms. The molecule has 0 N–H and O–H groups in total. The van der Waals surface area contributed by atoms with Gasteiger partial charge in [-0.2, -0.15) is 5.26 Å². The number of hydrogen-bond acceptors (Lipinski definition) is 3. The highest BCUT2D eigenvalue weighted by molar-refractivity contribution is 9.10. The fourth-order valence-corrected chi connectivity index (χ4v) is 3.17. The Labute approximate surface area is 122 Å². The Morgan fingerprint density at radius 3 is 2.53 bits per heavy atom. The Kier molecular flexibility index (Phi) is 4.17. The predicted octanol–water partition coefficient (Wildman–Crippen LogP) is 3.52. The zero-order valence-electron chi connectivity index (χ0n) is 11.4. The summed E-state index contributed by atoms with van der Waals surface area (Å²) >= 11 is 3.50. The lowest BCUT2D eigenvalue weighted by Gasteiger charge is -2.46. The third-order valence-corrected chi connectivity index (χ3v) is 4.31. The van der Waals surface area contributed by atoms with E-state index >= 15 is 0 Å². The van der Waals surface area contributed by atoms with E-state index in [9.17, 15) is 5.26 Å². The number of rotatable bonds is 4. The smallest absolute Gasteiger partial charge is 0.122 e. The minimum Gasteiger partial charge on any atom is -0.496 e. The van der Waals surface area contributed by atoms with Crippen LogP contribution >= 0.6 is 15.9 Å². The first kappa shape index (κ1) is 14.4. The molecule has 2 rings (SSSR count). The van der Waals surface area contributed by atoms with Crippen molar-refractivity contribution in [3.63, 3.8) is 0 Å². The minimum atomic E-state index is -0.252. The van der Waals surface area contributed by atoms with Crippen molar-refractivity contribution in [1.82, 2.24) is 0 Å². The fourth-order valence-electron chi connectivity index (χ4n) is 2.80. The molecule has 4 heteroatoms. The summed E-state index contributed by atoms with van der Waals surface area (Å²) in [6.07, 6.45) is 0. The molecular weight excluding hydrogens is 306 g/mol. The Morgan fingerprint density at radius 1 is 1.42 bits per heavy atom. The van der Waals surface area contributed by atoms with Gasteiger partial charge >= 0.3 is 0 Å². The van der Waals surface area contributed by atoms with E-state index in [-0.39, 0.29) is 17.3 Å². The number of nitriles is 1. The summed E-state index contributed by atoms with van der Waals surface area (Å²) in [5, 5.41) is 9.53. The van der Waals surface area contributed by atoms with Crippen molar-refractivity contribution in [2.45, 2.75) is 19.3 Å². The molecule has 0 radical (unpaired) electrons. The highest BCUT2D eigenvalue weighted by Gasteiger charge is 2.50. The van der Waals surface area contributed by atoms with Gasteiger partial charge in [-0.15, -0.1) is 0 Å². The normalized spacial score (nSPS) is 18.5. The first-order valence-electron chi connectivity index (χ1n) is 6.36. The van der Waals surface area contributed by atoms with Gasteiger partial charge in [-0.1, -0.05) is 29.8 Å². The molecule has 1 aromatic rings. The van der Waals surface area contributed by atoms with Gasteiger partial charge in [0, 0.05) is 10.0 Å². The fraction of sp³-hybridized carbons (Fsp3) is 0.533. The summed E-state index contributed by atoms with van der Waals surface area (Å²) in [5.41, 5.74) is 0.814. The van der Waals surface area contributed by atoms with Crippen molar-refractivity contribution in [3.05, 3.63) is 28.2 Å². The largest absolute Gasteiger partial charge is 0.496 e. The molecule has 1 aromatic carbocycles. The number of benzene rings is 1. The Balaban J connectivity index is 2.53. The molecule has 1 heterocycles. The van der Waals surface area contributed by atoms with Gasteiger partial charge < -0.3 is 9.47 Å². The van der Waals surface area contributed by atoms with Crippen LogP contribution in [0.15, 0.2) is 22.7 Å². The lowest BCUT2D eigenvalue weighted by molar-refractivity contribution is -0.0885. The molecule has 1 aliphatic heterocycles. The van der Waals surface area contributed by atoms with Gasteiger partial charge in [0.2, 0.25) is 0 Å². The van der Waals surface area contributed by atoms with E-state index in [4.69, 9.17) is 9.47 Å². The lowest BCUT2D eigenvalue weighted by atomic mass is 9.65. The standard InChI is InChI=1S/C15H18BrNO2/c1-10(2)13(7-17)15(8-19-9-15)12-6-11(16)4-5-14(12)18-3/h4-6,10,13H,8-9H2,1-3H3. The zero-order chi connectivity index (χ0) is 14.0. The van der Waals surface area contributed by atoms with E-state index in [1.165, 1.54) is 0 Å². The monoisotopic (exact) mass is 323 g/mol. The van der Waals surface area contributed by atoms with E-state index in [0.29, 0.717) is 13.2 Å². The molecule has 0 saturated carbocycles. The quantitative estimate of drug-likeness (QED) is 0.851. The first-order valence-corrected chi connectivity index (χ1v) is 7.16. The Bertz CT molecular complexity index is 503. The zero-order valence-corrected chi connectivity index (χ0v) is 13.0. The van der Waals surface area contributed by atoms with Crippen LogP contribution in [0.2, 0.25) is 0 Å². The SMILES string of the molecule is COc1ccc(Br)cc1C1(C(C#N)C(C)C)COC1. The maximum atomic E-state index is 9.53. The second-order valence-corrected chi connectivity index (χ2v) is 6.26. The number of methoxy groups -OCH3 is 1. The van der Waals surface area contributed by atoms with Crippen molar-refractivity contribution < 1.29 is 9.47 Å². The van der Waals surface area contributed by atoms with Crippen molar-refractivity contribution in [3.8, 4) is 11.8 Å². The summed E-state index contributed by atoms with van der Waals surface area (Å²) in [6, 6.07) is 8.40. The predicted molar refractivity (Wildman–Crippen MR) is 77.1 cm³/mol. The van der Waals surface area contributed by atoms with E-state index < -0.39 is 0 Å². The van der Waals surface area contributed by atoms with Crippen molar-refractivity contribution in [2.75, 3.05) is 20.3 Å². The minimum absolute atomic E-state index is 0.0792. The number of nitrogens with zero attached hydrogens (tertiary/aromatic N) is 1. The Morgan fingerprint density at radius 2 is 2.11 bits per heavy atom. The van der Waals surface area contributed by atoms with E-state index in [1.807, 2.05) is 18.2 Å². The molecule has 1 atom stereocenters.